The molecular formula is C19H19N3O2. The van der Waals surface area contributed by atoms with Crippen LogP contribution >= 0.6 is 0 Å². The van der Waals surface area contributed by atoms with Crippen molar-refractivity contribution in [2.45, 2.75) is 20.3 Å². The van der Waals surface area contributed by atoms with Crippen LogP contribution in [0.15, 0.2) is 48.7 Å². The number of benzene rings is 2. The quantitative estimate of drug-likeness (QED) is 0.686. The Morgan fingerprint density at radius 2 is 1.67 bits per heavy atom. The molecular weight excluding hydrogens is 302 g/mol. The summed E-state index contributed by atoms with van der Waals surface area (Å²) >= 11 is 0. The van der Waals surface area contributed by atoms with E-state index in [1.807, 2.05) is 25.3 Å². The van der Waals surface area contributed by atoms with Gasteiger partial charge in [0.05, 0.1) is 6.42 Å². The van der Waals surface area contributed by atoms with Gasteiger partial charge in [0, 0.05) is 35.4 Å². The first-order valence-corrected chi connectivity index (χ1v) is 7.75. The SMILES string of the molecule is CC(=O)Nc1ccc(NC(=O)Cc2c[nH]c3ccc(C)cc23)cc1. The second kappa shape index (κ2) is 6.58. The largest absolute Gasteiger partial charge is 0.361 e. The summed E-state index contributed by atoms with van der Waals surface area (Å²) in [6.07, 6.45) is 2.18. The molecule has 0 radical (unpaired) electrons. The molecule has 0 atom stereocenters. The minimum absolute atomic E-state index is 0.0790. The van der Waals surface area contributed by atoms with Crippen LogP contribution in [0.1, 0.15) is 18.1 Å². The maximum absolute atomic E-state index is 12.3. The third-order valence-corrected chi connectivity index (χ3v) is 3.76. The third kappa shape index (κ3) is 3.63. The van der Waals surface area contributed by atoms with Crippen LogP contribution in [0.5, 0.6) is 0 Å². The summed E-state index contributed by atoms with van der Waals surface area (Å²) in [7, 11) is 0. The number of amides is 2. The van der Waals surface area contributed by atoms with Gasteiger partial charge in [0.25, 0.3) is 0 Å². The van der Waals surface area contributed by atoms with E-state index in [1.54, 1.807) is 24.3 Å². The number of carbonyl (C=O) groups excluding carboxylic acids is 2. The Bertz CT molecular complexity index is 895. The molecule has 0 spiro atoms. The molecule has 0 aliphatic heterocycles. The standard InChI is InChI=1S/C19H19N3O2/c1-12-3-8-18-17(9-12)14(11-20-18)10-19(24)22-16-6-4-15(5-7-16)21-13(2)23/h3-9,11,20H,10H2,1-2H3,(H,21,23)(H,22,24). The van der Waals surface area contributed by atoms with E-state index in [1.165, 1.54) is 6.92 Å². The van der Waals surface area contributed by atoms with Crippen molar-refractivity contribution in [3.05, 3.63) is 59.8 Å². The van der Waals surface area contributed by atoms with E-state index < -0.39 is 0 Å². The molecule has 1 heterocycles. The molecule has 0 saturated carbocycles. The number of fused-ring (bicyclic) bond motifs is 1. The molecule has 3 N–H and O–H groups in total. The van der Waals surface area contributed by atoms with Crippen molar-refractivity contribution in [1.29, 1.82) is 0 Å². The maximum atomic E-state index is 12.3. The van der Waals surface area contributed by atoms with Gasteiger partial charge in [-0.05, 0) is 48.9 Å². The van der Waals surface area contributed by atoms with Gasteiger partial charge in [0.15, 0.2) is 0 Å². The number of carbonyl (C=O) groups is 2. The topological polar surface area (TPSA) is 74.0 Å². The third-order valence-electron chi connectivity index (χ3n) is 3.76. The number of hydrogen-bond donors (Lipinski definition) is 3. The predicted octanol–water partition coefficient (Wildman–Crippen LogP) is 3.62. The van der Waals surface area contributed by atoms with Crippen molar-refractivity contribution >= 4 is 34.1 Å². The fraction of sp³-hybridized carbons (Fsp3) is 0.158. The van der Waals surface area contributed by atoms with Gasteiger partial charge in [0.2, 0.25) is 11.8 Å². The van der Waals surface area contributed by atoms with Crippen molar-refractivity contribution in [2.75, 3.05) is 10.6 Å². The van der Waals surface area contributed by atoms with Gasteiger partial charge < -0.3 is 15.6 Å². The first kappa shape index (κ1) is 15.8. The van der Waals surface area contributed by atoms with Crippen LogP contribution in [0, 0.1) is 6.92 Å². The molecule has 3 rings (SSSR count). The van der Waals surface area contributed by atoms with E-state index in [2.05, 4.69) is 21.7 Å². The monoisotopic (exact) mass is 321 g/mol. The number of aromatic nitrogens is 1. The van der Waals surface area contributed by atoms with Crippen LogP contribution in [0.2, 0.25) is 0 Å². The lowest BCUT2D eigenvalue weighted by Gasteiger charge is -2.07. The van der Waals surface area contributed by atoms with Crippen molar-refractivity contribution in [3.8, 4) is 0 Å². The summed E-state index contributed by atoms with van der Waals surface area (Å²) < 4.78 is 0. The van der Waals surface area contributed by atoms with Crippen LogP contribution in [-0.2, 0) is 16.0 Å². The molecule has 0 aliphatic rings. The maximum Gasteiger partial charge on any atom is 0.228 e. The molecule has 0 bridgehead atoms. The lowest BCUT2D eigenvalue weighted by Crippen LogP contribution is -2.14. The van der Waals surface area contributed by atoms with Crippen LogP contribution < -0.4 is 10.6 Å². The Kier molecular flexibility index (Phi) is 4.33. The first-order valence-electron chi connectivity index (χ1n) is 7.75. The molecule has 5 heteroatoms. The van der Waals surface area contributed by atoms with Gasteiger partial charge in [-0.1, -0.05) is 11.6 Å². The molecule has 0 saturated heterocycles. The van der Waals surface area contributed by atoms with Gasteiger partial charge in [-0.2, -0.15) is 0 Å². The van der Waals surface area contributed by atoms with E-state index in [0.29, 0.717) is 17.8 Å². The zero-order valence-corrected chi connectivity index (χ0v) is 13.6. The van der Waals surface area contributed by atoms with Crippen molar-refractivity contribution in [1.82, 2.24) is 4.98 Å². The van der Waals surface area contributed by atoms with Gasteiger partial charge >= 0.3 is 0 Å². The van der Waals surface area contributed by atoms with Gasteiger partial charge in [-0.25, -0.2) is 0 Å². The minimum Gasteiger partial charge on any atom is -0.361 e. The average molecular weight is 321 g/mol. The van der Waals surface area contributed by atoms with E-state index in [-0.39, 0.29) is 11.8 Å². The highest BCUT2D eigenvalue weighted by Gasteiger charge is 2.09. The molecule has 0 unspecified atom stereocenters. The van der Waals surface area contributed by atoms with Crippen LogP contribution in [0.3, 0.4) is 0 Å². The van der Waals surface area contributed by atoms with E-state index in [4.69, 9.17) is 0 Å². The van der Waals surface area contributed by atoms with E-state index >= 15 is 0 Å². The second-order valence-corrected chi connectivity index (χ2v) is 5.85. The molecule has 5 nitrogen and oxygen atoms in total. The van der Waals surface area contributed by atoms with Crippen LogP contribution in [-0.4, -0.2) is 16.8 Å². The number of H-pyrrole nitrogens is 1. The van der Waals surface area contributed by atoms with Crippen molar-refractivity contribution in [3.63, 3.8) is 0 Å². The molecule has 2 amide bonds. The minimum atomic E-state index is -0.124. The number of nitrogens with one attached hydrogen (secondary N) is 3. The van der Waals surface area contributed by atoms with Crippen LogP contribution in [0.4, 0.5) is 11.4 Å². The number of aryl methyl sites for hydroxylation is 1. The highest BCUT2D eigenvalue weighted by Crippen LogP contribution is 2.21. The number of anilines is 2. The van der Waals surface area contributed by atoms with Gasteiger partial charge in [-0.3, -0.25) is 9.59 Å². The summed E-state index contributed by atoms with van der Waals surface area (Å²) in [5.74, 6) is -0.203. The lowest BCUT2D eigenvalue weighted by molar-refractivity contribution is -0.116. The molecule has 3 aromatic rings. The van der Waals surface area contributed by atoms with Gasteiger partial charge in [0.1, 0.15) is 0 Å². The first-order chi connectivity index (χ1) is 11.5. The van der Waals surface area contributed by atoms with Crippen molar-refractivity contribution < 1.29 is 9.59 Å². The van der Waals surface area contributed by atoms with E-state index in [9.17, 15) is 9.59 Å². The molecule has 1 aromatic heterocycles. The van der Waals surface area contributed by atoms with E-state index in [0.717, 1.165) is 22.0 Å². The molecule has 0 aliphatic carbocycles. The fourth-order valence-electron chi connectivity index (χ4n) is 2.66. The second-order valence-electron chi connectivity index (χ2n) is 5.85. The molecule has 0 fully saturated rings. The Balaban J connectivity index is 1.68. The molecule has 122 valence electrons. The average Bonchev–Trinajstić information content (AvgIpc) is 2.91. The number of rotatable bonds is 4. The zero-order chi connectivity index (χ0) is 17.1. The molecule has 2 aromatic carbocycles. The lowest BCUT2D eigenvalue weighted by atomic mass is 10.1. The number of hydrogen-bond acceptors (Lipinski definition) is 2. The highest BCUT2D eigenvalue weighted by molar-refractivity contribution is 5.96. The summed E-state index contributed by atoms with van der Waals surface area (Å²) in [6.45, 7) is 3.49. The number of aromatic amines is 1. The summed E-state index contributed by atoms with van der Waals surface area (Å²) in [6, 6.07) is 13.2. The highest BCUT2D eigenvalue weighted by atomic mass is 16.2. The Labute approximate surface area is 140 Å². The predicted molar refractivity (Wildman–Crippen MR) is 96.1 cm³/mol. The van der Waals surface area contributed by atoms with Crippen LogP contribution in [0.25, 0.3) is 10.9 Å². The fourth-order valence-corrected chi connectivity index (χ4v) is 2.66. The summed E-state index contributed by atoms with van der Waals surface area (Å²) in [4.78, 5) is 26.5. The Hall–Kier alpha value is -3.08. The molecule has 24 heavy (non-hydrogen) atoms. The van der Waals surface area contributed by atoms with Gasteiger partial charge in [-0.15, -0.1) is 0 Å². The van der Waals surface area contributed by atoms with Crippen molar-refractivity contribution in [2.24, 2.45) is 0 Å². The summed E-state index contributed by atoms with van der Waals surface area (Å²) in [5, 5.41) is 6.64. The Morgan fingerprint density at radius 3 is 2.33 bits per heavy atom. The smallest absolute Gasteiger partial charge is 0.228 e. The summed E-state index contributed by atoms with van der Waals surface area (Å²) in [5.41, 5.74) is 4.57. The zero-order valence-electron chi connectivity index (χ0n) is 13.6. The normalized spacial score (nSPS) is 10.6. The Morgan fingerprint density at radius 1 is 1.00 bits per heavy atom.